The molecule has 0 spiro atoms. The zero-order chi connectivity index (χ0) is 24.1. The SMILES string of the molecule is CC(C)CC(NC(=O)C(CS)NC(=O)C(C)N)C(=O)NC(CCCN=C(N)N)C(=O)O. The van der Waals surface area contributed by atoms with Crippen molar-refractivity contribution < 1.29 is 24.3 Å². The van der Waals surface area contributed by atoms with Crippen LogP contribution in [0.4, 0.5) is 0 Å². The molecule has 31 heavy (non-hydrogen) atoms. The fourth-order valence-corrected chi connectivity index (χ4v) is 2.76. The zero-order valence-corrected chi connectivity index (χ0v) is 19.0. The van der Waals surface area contributed by atoms with E-state index in [0.29, 0.717) is 6.42 Å². The molecule has 0 fully saturated rings. The van der Waals surface area contributed by atoms with Gasteiger partial charge in [-0.15, -0.1) is 0 Å². The van der Waals surface area contributed by atoms with E-state index in [2.05, 4.69) is 33.6 Å². The first kappa shape index (κ1) is 28.5. The van der Waals surface area contributed by atoms with Crippen LogP contribution in [0.5, 0.6) is 0 Å². The van der Waals surface area contributed by atoms with Gasteiger partial charge in [0.1, 0.15) is 18.1 Å². The predicted molar refractivity (Wildman–Crippen MR) is 120 cm³/mol. The molecule has 0 heterocycles. The van der Waals surface area contributed by atoms with Gasteiger partial charge in [0, 0.05) is 12.3 Å². The van der Waals surface area contributed by atoms with E-state index in [1.807, 2.05) is 13.8 Å². The van der Waals surface area contributed by atoms with Gasteiger partial charge >= 0.3 is 5.97 Å². The van der Waals surface area contributed by atoms with E-state index in [9.17, 15) is 24.3 Å². The van der Waals surface area contributed by atoms with Crippen LogP contribution in [0.1, 0.15) is 40.0 Å². The third kappa shape index (κ3) is 12.0. The maximum absolute atomic E-state index is 12.7. The minimum Gasteiger partial charge on any atom is -0.480 e. The molecule has 10 N–H and O–H groups in total. The highest BCUT2D eigenvalue weighted by Gasteiger charge is 2.29. The molecule has 0 saturated carbocycles. The lowest BCUT2D eigenvalue weighted by Crippen LogP contribution is -2.57. The van der Waals surface area contributed by atoms with E-state index < -0.39 is 47.9 Å². The highest BCUT2D eigenvalue weighted by molar-refractivity contribution is 7.80. The van der Waals surface area contributed by atoms with Crippen molar-refractivity contribution in [3.05, 3.63) is 0 Å². The van der Waals surface area contributed by atoms with Gasteiger partial charge in [0.25, 0.3) is 0 Å². The van der Waals surface area contributed by atoms with E-state index in [1.54, 1.807) is 0 Å². The number of guanidine groups is 1. The number of nitrogens with one attached hydrogen (secondary N) is 3. The van der Waals surface area contributed by atoms with Crippen molar-refractivity contribution in [1.29, 1.82) is 0 Å². The summed E-state index contributed by atoms with van der Waals surface area (Å²) in [5, 5.41) is 16.9. The van der Waals surface area contributed by atoms with Crippen molar-refractivity contribution in [3.63, 3.8) is 0 Å². The first-order chi connectivity index (χ1) is 14.4. The second kappa shape index (κ2) is 14.5. The van der Waals surface area contributed by atoms with Gasteiger partial charge in [0.2, 0.25) is 17.7 Å². The molecule has 0 radical (unpaired) electrons. The summed E-state index contributed by atoms with van der Waals surface area (Å²) in [5.41, 5.74) is 15.9. The number of thiol groups is 1. The molecule has 0 rings (SSSR count). The van der Waals surface area contributed by atoms with Gasteiger partial charge in [-0.25, -0.2) is 4.79 Å². The summed E-state index contributed by atoms with van der Waals surface area (Å²) >= 11 is 4.06. The van der Waals surface area contributed by atoms with Crippen LogP contribution in [0.2, 0.25) is 0 Å². The molecule has 0 aromatic heterocycles. The van der Waals surface area contributed by atoms with E-state index in [4.69, 9.17) is 17.2 Å². The standard InChI is InChI=1S/C18H35N7O5S/c1-9(2)7-12(24-16(28)13(8-31)25-14(26)10(3)19)15(27)23-11(17(29)30)5-4-6-22-18(20)21/h9-13,31H,4-8,19H2,1-3H3,(H,23,27)(H,24,28)(H,25,26)(H,29,30)(H4,20,21,22). The van der Waals surface area contributed by atoms with Crippen molar-refractivity contribution >= 4 is 42.3 Å². The molecule has 12 nitrogen and oxygen atoms in total. The van der Waals surface area contributed by atoms with Gasteiger partial charge in [-0.1, -0.05) is 13.8 Å². The number of aliphatic imine (C=N–C) groups is 1. The number of carbonyl (C=O) groups excluding carboxylic acids is 3. The molecule has 0 saturated heterocycles. The average Bonchev–Trinajstić information content (AvgIpc) is 2.66. The van der Waals surface area contributed by atoms with Crippen LogP contribution in [0.3, 0.4) is 0 Å². The first-order valence-corrected chi connectivity index (χ1v) is 10.6. The number of nitrogens with zero attached hydrogens (tertiary/aromatic N) is 1. The Morgan fingerprint density at radius 2 is 1.45 bits per heavy atom. The molecule has 13 heteroatoms. The summed E-state index contributed by atoms with van der Waals surface area (Å²) in [4.78, 5) is 52.4. The normalized spacial score (nSPS) is 14.6. The van der Waals surface area contributed by atoms with Crippen molar-refractivity contribution in [1.82, 2.24) is 16.0 Å². The number of carboxylic acid groups (broad SMARTS) is 1. The second-order valence-electron chi connectivity index (χ2n) is 7.57. The van der Waals surface area contributed by atoms with Gasteiger partial charge in [-0.05, 0) is 32.1 Å². The second-order valence-corrected chi connectivity index (χ2v) is 7.94. The summed E-state index contributed by atoms with van der Waals surface area (Å²) < 4.78 is 0. The Labute approximate surface area is 187 Å². The Hall–Kier alpha value is -2.54. The topological polar surface area (TPSA) is 215 Å². The van der Waals surface area contributed by atoms with E-state index in [1.165, 1.54) is 6.92 Å². The molecule has 0 aromatic rings. The largest absolute Gasteiger partial charge is 0.480 e. The van der Waals surface area contributed by atoms with Crippen LogP contribution >= 0.6 is 12.6 Å². The summed E-state index contributed by atoms with van der Waals surface area (Å²) in [5.74, 6) is -3.11. The summed E-state index contributed by atoms with van der Waals surface area (Å²) in [7, 11) is 0. The van der Waals surface area contributed by atoms with Crippen LogP contribution in [-0.4, -0.2) is 71.2 Å². The fourth-order valence-electron chi connectivity index (χ4n) is 2.51. The summed E-state index contributed by atoms with van der Waals surface area (Å²) in [6.07, 6.45) is 0.698. The smallest absolute Gasteiger partial charge is 0.326 e. The molecule has 0 aliphatic carbocycles. The van der Waals surface area contributed by atoms with Crippen LogP contribution in [0.25, 0.3) is 0 Å². The number of hydrogen-bond acceptors (Lipinski definition) is 7. The maximum Gasteiger partial charge on any atom is 0.326 e. The molecule has 178 valence electrons. The number of carboxylic acids is 1. The lowest BCUT2D eigenvalue weighted by Gasteiger charge is -2.25. The molecule has 0 aromatic carbocycles. The molecular formula is C18H35N7O5S. The Bertz CT molecular complexity index is 653. The third-order valence-electron chi connectivity index (χ3n) is 4.13. The van der Waals surface area contributed by atoms with Gasteiger partial charge in [0.05, 0.1) is 6.04 Å². The van der Waals surface area contributed by atoms with Crippen LogP contribution in [-0.2, 0) is 19.2 Å². The molecule has 0 aliphatic heterocycles. The monoisotopic (exact) mass is 461 g/mol. The van der Waals surface area contributed by atoms with Gasteiger partial charge < -0.3 is 38.3 Å². The van der Waals surface area contributed by atoms with Gasteiger partial charge in [0.15, 0.2) is 5.96 Å². The number of nitrogens with two attached hydrogens (primary N) is 3. The molecule has 0 aliphatic rings. The number of rotatable bonds is 14. The molecule has 0 bridgehead atoms. The summed E-state index contributed by atoms with van der Waals surface area (Å²) in [6, 6.07) is -3.99. The minimum atomic E-state index is -1.22. The quantitative estimate of drug-likeness (QED) is 0.0619. The van der Waals surface area contributed by atoms with Crippen molar-refractivity contribution in [2.24, 2.45) is 28.1 Å². The Morgan fingerprint density at radius 3 is 1.90 bits per heavy atom. The number of aliphatic carboxylic acids is 1. The van der Waals surface area contributed by atoms with Crippen LogP contribution in [0, 0.1) is 5.92 Å². The molecule has 4 unspecified atom stereocenters. The van der Waals surface area contributed by atoms with E-state index in [-0.39, 0.29) is 37.0 Å². The van der Waals surface area contributed by atoms with Gasteiger partial charge in [-0.3, -0.25) is 19.4 Å². The number of hydrogen-bond donors (Lipinski definition) is 8. The molecule has 4 atom stereocenters. The van der Waals surface area contributed by atoms with E-state index >= 15 is 0 Å². The summed E-state index contributed by atoms with van der Waals surface area (Å²) in [6.45, 7) is 5.39. The fraction of sp³-hybridized carbons (Fsp3) is 0.722. The maximum atomic E-state index is 12.7. The lowest BCUT2D eigenvalue weighted by atomic mass is 10.0. The Kier molecular flexibility index (Phi) is 13.3. The molecule has 3 amide bonds. The predicted octanol–water partition coefficient (Wildman–Crippen LogP) is -2.10. The van der Waals surface area contributed by atoms with Crippen LogP contribution < -0.4 is 33.2 Å². The Morgan fingerprint density at radius 1 is 0.935 bits per heavy atom. The highest BCUT2D eigenvalue weighted by Crippen LogP contribution is 2.08. The Balaban J connectivity index is 5.18. The highest BCUT2D eigenvalue weighted by atomic mass is 32.1. The first-order valence-electron chi connectivity index (χ1n) is 9.94. The van der Waals surface area contributed by atoms with Crippen molar-refractivity contribution in [2.45, 2.75) is 64.2 Å². The number of carbonyl (C=O) groups is 4. The number of amides is 3. The van der Waals surface area contributed by atoms with Crippen molar-refractivity contribution in [2.75, 3.05) is 12.3 Å². The van der Waals surface area contributed by atoms with E-state index in [0.717, 1.165) is 0 Å². The van der Waals surface area contributed by atoms with Crippen molar-refractivity contribution in [3.8, 4) is 0 Å². The third-order valence-corrected chi connectivity index (χ3v) is 4.49. The average molecular weight is 462 g/mol. The van der Waals surface area contributed by atoms with Gasteiger partial charge in [-0.2, -0.15) is 12.6 Å². The van der Waals surface area contributed by atoms with Crippen LogP contribution in [0.15, 0.2) is 4.99 Å². The minimum absolute atomic E-state index is 0.0111. The lowest BCUT2D eigenvalue weighted by molar-refractivity contribution is -0.142. The zero-order valence-electron chi connectivity index (χ0n) is 18.1. The molecular weight excluding hydrogens is 426 g/mol.